The van der Waals surface area contributed by atoms with E-state index in [1.165, 1.54) is 6.20 Å². The number of carbonyl (C=O) groups is 1. The average molecular weight is 278 g/mol. The van der Waals surface area contributed by atoms with Crippen molar-refractivity contribution in [2.24, 2.45) is 0 Å². The number of benzene rings is 1. The molecule has 0 amide bonds. The fourth-order valence-electron chi connectivity index (χ4n) is 2.38. The van der Waals surface area contributed by atoms with Crippen LogP contribution in [0.4, 0.5) is 0 Å². The van der Waals surface area contributed by atoms with E-state index in [1.54, 1.807) is 30.6 Å². The van der Waals surface area contributed by atoms with Crippen LogP contribution in [0, 0.1) is 0 Å². The van der Waals surface area contributed by atoms with Gasteiger partial charge in [0.1, 0.15) is 5.69 Å². The molecule has 4 rings (SSSR count). The number of pyridine rings is 2. The van der Waals surface area contributed by atoms with Gasteiger partial charge in [0.2, 0.25) is 12.6 Å². The zero-order valence-corrected chi connectivity index (χ0v) is 10.9. The van der Waals surface area contributed by atoms with E-state index in [9.17, 15) is 4.79 Å². The monoisotopic (exact) mass is 278 g/mol. The van der Waals surface area contributed by atoms with E-state index in [0.29, 0.717) is 22.8 Å². The average Bonchev–Trinajstić information content (AvgIpc) is 2.99. The molecule has 1 aliphatic rings. The molecule has 0 N–H and O–H groups in total. The minimum Gasteiger partial charge on any atom is -0.454 e. The molecule has 5 nitrogen and oxygen atoms in total. The Kier molecular flexibility index (Phi) is 2.57. The van der Waals surface area contributed by atoms with Gasteiger partial charge in [0.25, 0.3) is 0 Å². The summed E-state index contributed by atoms with van der Waals surface area (Å²) in [6.07, 6.45) is 4.79. The van der Waals surface area contributed by atoms with Gasteiger partial charge < -0.3 is 9.47 Å². The molecule has 0 spiro atoms. The number of fused-ring (bicyclic) bond motifs is 2. The highest BCUT2D eigenvalue weighted by Crippen LogP contribution is 2.36. The predicted octanol–water partition coefficient (Wildman–Crippen LogP) is 2.59. The molecule has 21 heavy (non-hydrogen) atoms. The highest BCUT2D eigenvalue weighted by Gasteiger charge is 2.19. The fourth-order valence-corrected chi connectivity index (χ4v) is 2.38. The number of hydrogen-bond donors (Lipinski definition) is 0. The summed E-state index contributed by atoms with van der Waals surface area (Å²) in [6.45, 7) is 0.199. The number of carbonyl (C=O) groups excluding carboxylic acids is 1. The Labute approximate surface area is 120 Å². The zero-order chi connectivity index (χ0) is 14.2. The predicted molar refractivity (Wildman–Crippen MR) is 75.5 cm³/mol. The summed E-state index contributed by atoms with van der Waals surface area (Å²) in [5.41, 5.74) is 0.897. The Bertz CT molecular complexity index is 847. The molecule has 5 heteroatoms. The molecule has 0 aliphatic carbocycles. The van der Waals surface area contributed by atoms with Crippen molar-refractivity contribution in [1.29, 1.82) is 0 Å². The van der Waals surface area contributed by atoms with E-state index in [-0.39, 0.29) is 12.6 Å². The van der Waals surface area contributed by atoms with Gasteiger partial charge in [-0.15, -0.1) is 0 Å². The van der Waals surface area contributed by atoms with Crippen molar-refractivity contribution in [2.75, 3.05) is 6.79 Å². The second kappa shape index (κ2) is 4.56. The molecule has 0 saturated heterocycles. The number of ketones is 1. The molecule has 102 valence electrons. The van der Waals surface area contributed by atoms with Crippen molar-refractivity contribution < 1.29 is 14.3 Å². The van der Waals surface area contributed by atoms with Crippen molar-refractivity contribution in [1.82, 2.24) is 9.97 Å². The smallest absolute Gasteiger partial charge is 0.231 e. The quantitative estimate of drug-likeness (QED) is 0.674. The minimum absolute atomic E-state index is 0.160. The summed E-state index contributed by atoms with van der Waals surface area (Å²) in [7, 11) is 0. The number of ether oxygens (including phenoxy) is 2. The molecule has 0 unspecified atom stereocenters. The Hall–Kier alpha value is -2.95. The van der Waals surface area contributed by atoms with Crippen LogP contribution in [0.1, 0.15) is 16.1 Å². The third-order valence-corrected chi connectivity index (χ3v) is 3.40. The molecular weight excluding hydrogens is 268 g/mol. The van der Waals surface area contributed by atoms with Crippen LogP contribution in [0.25, 0.3) is 10.8 Å². The molecule has 1 aromatic carbocycles. The van der Waals surface area contributed by atoms with Gasteiger partial charge in [-0.05, 0) is 35.7 Å². The van der Waals surface area contributed by atoms with Gasteiger partial charge in [-0.1, -0.05) is 0 Å². The molecule has 0 saturated carbocycles. The van der Waals surface area contributed by atoms with Crippen molar-refractivity contribution in [3.05, 3.63) is 60.2 Å². The largest absolute Gasteiger partial charge is 0.454 e. The third-order valence-electron chi connectivity index (χ3n) is 3.40. The first-order chi connectivity index (χ1) is 10.3. The molecule has 0 radical (unpaired) electrons. The van der Waals surface area contributed by atoms with Crippen molar-refractivity contribution in [2.45, 2.75) is 0 Å². The van der Waals surface area contributed by atoms with Gasteiger partial charge in [-0.3, -0.25) is 14.8 Å². The van der Waals surface area contributed by atoms with E-state index in [1.807, 2.05) is 12.1 Å². The third kappa shape index (κ3) is 1.90. The summed E-state index contributed by atoms with van der Waals surface area (Å²) in [5, 5.41) is 1.64. The molecule has 3 heterocycles. The van der Waals surface area contributed by atoms with E-state index >= 15 is 0 Å². The molecule has 2 aromatic heterocycles. The lowest BCUT2D eigenvalue weighted by molar-refractivity contribution is 0.103. The number of nitrogens with zero attached hydrogens (tertiary/aromatic N) is 2. The maximum absolute atomic E-state index is 12.6. The van der Waals surface area contributed by atoms with Gasteiger partial charge in [-0.25, -0.2) is 0 Å². The van der Waals surface area contributed by atoms with E-state index in [2.05, 4.69) is 9.97 Å². The normalized spacial score (nSPS) is 12.6. The van der Waals surface area contributed by atoms with Crippen LogP contribution in [0.2, 0.25) is 0 Å². The van der Waals surface area contributed by atoms with Gasteiger partial charge in [-0.2, -0.15) is 0 Å². The van der Waals surface area contributed by atoms with Crippen LogP contribution < -0.4 is 9.47 Å². The highest BCUT2D eigenvalue weighted by atomic mass is 16.7. The van der Waals surface area contributed by atoms with Crippen LogP contribution in [0.3, 0.4) is 0 Å². The van der Waals surface area contributed by atoms with Gasteiger partial charge in [0.05, 0.1) is 0 Å². The first-order valence-corrected chi connectivity index (χ1v) is 6.46. The van der Waals surface area contributed by atoms with E-state index < -0.39 is 0 Å². The summed E-state index contributed by atoms with van der Waals surface area (Å²) in [4.78, 5) is 20.8. The Morgan fingerprint density at radius 1 is 1.10 bits per heavy atom. The van der Waals surface area contributed by atoms with Crippen LogP contribution >= 0.6 is 0 Å². The lowest BCUT2D eigenvalue weighted by Crippen LogP contribution is -2.05. The number of hydrogen-bond acceptors (Lipinski definition) is 5. The number of aromatic nitrogens is 2. The topological polar surface area (TPSA) is 61.3 Å². The summed E-state index contributed by atoms with van der Waals surface area (Å²) in [5.74, 6) is 1.16. The summed E-state index contributed by atoms with van der Waals surface area (Å²) >= 11 is 0. The minimum atomic E-state index is -0.160. The Morgan fingerprint density at radius 2 is 1.95 bits per heavy atom. The molecule has 1 aliphatic heterocycles. The van der Waals surface area contributed by atoms with Crippen molar-refractivity contribution >= 4 is 16.6 Å². The van der Waals surface area contributed by atoms with Gasteiger partial charge in [0.15, 0.2) is 11.5 Å². The zero-order valence-electron chi connectivity index (χ0n) is 10.9. The fraction of sp³-hybridized carbons (Fsp3) is 0.0625. The maximum atomic E-state index is 12.6. The standard InChI is InChI=1S/C16H10N2O3/c19-16(11-2-1-4-17-8-11)15-12-7-14-13(20-9-21-14)6-10(12)3-5-18-15/h1-8H,9H2. The lowest BCUT2D eigenvalue weighted by Gasteiger charge is -2.06. The van der Waals surface area contributed by atoms with Crippen LogP contribution in [-0.2, 0) is 0 Å². The maximum Gasteiger partial charge on any atom is 0.231 e. The SMILES string of the molecule is O=C(c1cccnc1)c1nccc2cc3c(cc12)OCO3. The number of rotatable bonds is 2. The van der Waals surface area contributed by atoms with Crippen LogP contribution in [0.15, 0.2) is 48.9 Å². The molecule has 3 aromatic rings. The van der Waals surface area contributed by atoms with Crippen molar-refractivity contribution in [3.8, 4) is 11.5 Å². The van der Waals surface area contributed by atoms with E-state index in [0.717, 1.165) is 10.8 Å². The second-order valence-electron chi connectivity index (χ2n) is 4.66. The van der Waals surface area contributed by atoms with Gasteiger partial charge >= 0.3 is 0 Å². The lowest BCUT2D eigenvalue weighted by atomic mass is 10.0. The molecule has 0 fully saturated rings. The highest BCUT2D eigenvalue weighted by molar-refractivity contribution is 6.15. The Balaban J connectivity index is 1.91. The first kappa shape index (κ1) is 11.8. The second-order valence-corrected chi connectivity index (χ2v) is 4.66. The summed E-state index contributed by atoms with van der Waals surface area (Å²) in [6, 6.07) is 8.96. The molecule has 0 atom stereocenters. The van der Waals surface area contributed by atoms with Crippen LogP contribution in [0.5, 0.6) is 11.5 Å². The van der Waals surface area contributed by atoms with E-state index in [4.69, 9.17) is 9.47 Å². The summed E-state index contributed by atoms with van der Waals surface area (Å²) < 4.78 is 10.7. The Morgan fingerprint density at radius 3 is 2.76 bits per heavy atom. The van der Waals surface area contributed by atoms with Crippen LogP contribution in [-0.4, -0.2) is 22.5 Å². The molecular formula is C16H10N2O3. The molecule has 0 bridgehead atoms. The first-order valence-electron chi connectivity index (χ1n) is 6.46. The van der Waals surface area contributed by atoms with Crippen molar-refractivity contribution in [3.63, 3.8) is 0 Å². The van der Waals surface area contributed by atoms with Gasteiger partial charge in [0, 0.05) is 29.5 Å².